The van der Waals surface area contributed by atoms with Crippen LogP contribution < -0.4 is 5.32 Å². The molecule has 0 unspecified atom stereocenters. The molecule has 21 heavy (non-hydrogen) atoms. The van der Waals surface area contributed by atoms with Crippen molar-refractivity contribution in [2.75, 3.05) is 0 Å². The van der Waals surface area contributed by atoms with Crippen LogP contribution in [0, 0.1) is 6.92 Å². The number of furan rings is 1. The van der Waals surface area contributed by atoms with Crippen molar-refractivity contribution in [3.63, 3.8) is 0 Å². The third-order valence-corrected chi connectivity index (χ3v) is 3.63. The molecule has 0 atom stereocenters. The van der Waals surface area contributed by atoms with Crippen molar-refractivity contribution < 1.29 is 8.83 Å². The van der Waals surface area contributed by atoms with Crippen molar-refractivity contribution in [1.29, 1.82) is 0 Å². The average Bonchev–Trinajstić information content (AvgIpc) is 3.09. The van der Waals surface area contributed by atoms with Gasteiger partial charge in [-0.15, -0.1) is 10.2 Å². The molecular weight excluding hydrogens is 334 g/mol. The molecule has 6 heteroatoms. The van der Waals surface area contributed by atoms with Gasteiger partial charge in [-0.3, -0.25) is 0 Å². The molecule has 1 N–H and O–H groups in total. The van der Waals surface area contributed by atoms with E-state index in [4.69, 9.17) is 8.83 Å². The lowest BCUT2D eigenvalue weighted by atomic mass is 10.2. The molecule has 0 spiro atoms. The molecule has 2 heterocycles. The summed E-state index contributed by atoms with van der Waals surface area (Å²) in [5, 5.41) is 11.3. The number of hydrogen-bond donors (Lipinski definition) is 1. The van der Waals surface area contributed by atoms with Crippen molar-refractivity contribution >= 4 is 15.9 Å². The number of rotatable bonds is 5. The fraction of sp³-hybridized carbons (Fsp3) is 0.200. The summed E-state index contributed by atoms with van der Waals surface area (Å²) in [6.45, 7) is 3.04. The molecule has 0 saturated carbocycles. The SMILES string of the molecule is Cc1ccc(CNCc2nnc(-c3ccccc3Br)o2)o1. The zero-order valence-corrected chi connectivity index (χ0v) is 13.1. The van der Waals surface area contributed by atoms with Gasteiger partial charge in [0.05, 0.1) is 18.7 Å². The van der Waals surface area contributed by atoms with Crippen molar-refractivity contribution in [1.82, 2.24) is 15.5 Å². The van der Waals surface area contributed by atoms with E-state index in [1.165, 1.54) is 0 Å². The number of aryl methyl sites for hydroxylation is 1. The first-order valence-electron chi connectivity index (χ1n) is 6.55. The summed E-state index contributed by atoms with van der Waals surface area (Å²) in [5.41, 5.74) is 0.887. The van der Waals surface area contributed by atoms with Crippen LogP contribution in [0.3, 0.4) is 0 Å². The molecule has 2 aromatic heterocycles. The van der Waals surface area contributed by atoms with Gasteiger partial charge in [0.1, 0.15) is 11.5 Å². The third-order valence-electron chi connectivity index (χ3n) is 2.94. The van der Waals surface area contributed by atoms with E-state index in [-0.39, 0.29) is 0 Å². The Morgan fingerprint density at radius 1 is 1.05 bits per heavy atom. The maximum Gasteiger partial charge on any atom is 0.248 e. The van der Waals surface area contributed by atoms with Crippen LogP contribution in [0.4, 0.5) is 0 Å². The highest BCUT2D eigenvalue weighted by atomic mass is 79.9. The molecule has 0 fully saturated rings. The van der Waals surface area contributed by atoms with Crippen molar-refractivity contribution in [2.45, 2.75) is 20.0 Å². The standard InChI is InChI=1S/C15H14BrN3O2/c1-10-6-7-11(20-10)8-17-9-14-18-19-15(21-14)12-4-2-3-5-13(12)16/h2-7,17H,8-9H2,1H3. The number of benzene rings is 1. The fourth-order valence-corrected chi connectivity index (χ4v) is 2.40. The average molecular weight is 348 g/mol. The molecular formula is C15H14BrN3O2. The van der Waals surface area contributed by atoms with Crippen LogP contribution in [0.15, 0.2) is 49.7 Å². The predicted octanol–water partition coefficient (Wildman–Crippen LogP) is 3.69. The van der Waals surface area contributed by atoms with Crippen LogP contribution in [0.25, 0.3) is 11.5 Å². The predicted molar refractivity (Wildman–Crippen MR) is 81.4 cm³/mol. The Kier molecular flexibility index (Phi) is 4.17. The highest BCUT2D eigenvalue weighted by molar-refractivity contribution is 9.10. The zero-order chi connectivity index (χ0) is 14.7. The number of nitrogens with zero attached hydrogens (tertiary/aromatic N) is 2. The highest BCUT2D eigenvalue weighted by Gasteiger charge is 2.11. The highest BCUT2D eigenvalue weighted by Crippen LogP contribution is 2.26. The number of aromatic nitrogens is 2. The maximum absolute atomic E-state index is 5.65. The van der Waals surface area contributed by atoms with Crippen molar-refractivity contribution in [2.24, 2.45) is 0 Å². The number of nitrogens with one attached hydrogen (secondary N) is 1. The lowest BCUT2D eigenvalue weighted by Crippen LogP contribution is -2.12. The minimum absolute atomic E-state index is 0.497. The third kappa shape index (κ3) is 3.40. The van der Waals surface area contributed by atoms with Gasteiger partial charge in [0.25, 0.3) is 0 Å². The summed E-state index contributed by atoms with van der Waals surface area (Å²) in [7, 11) is 0. The molecule has 0 aliphatic rings. The van der Waals surface area contributed by atoms with Gasteiger partial charge in [0.2, 0.25) is 11.8 Å². The van der Waals surface area contributed by atoms with Crippen LogP contribution in [-0.4, -0.2) is 10.2 Å². The van der Waals surface area contributed by atoms with E-state index in [1.807, 2.05) is 43.3 Å². The van der Waals surface area contributed by atoms with Crippen molar-refractivity contribution in [3.8, 4) is 11.5 Å². The van der Waals surface area contributed by atoms with Gasteiger partial charge in [-0.25, -0.2) is 0 Å². The van der Waals surface area contributed by atoms with E-state index in [2.05, 4.69) is 31.4 Å². The first-order chi connectivity index (χ1) is 10.2. The van der Waals surface area contributed by atoms with E-state index in [9.17, 15) is 0 Å². The van der Waals surface area contributed by atoms with Gasteiger partial charge >= 0.3 is 0 Å². The molecule has 0 amide bonds. The van der Waals surface area contributed by atoms with Crippen LogP contribution >= 0.6 is 15.9 Å². The van der Waals surface area contributed by atoms with Gasteiger partial charge < -0.3 is 14.2 Å². The summed E-state index contributed by atoms with van der Waals surface area (Å²) in [6.07, 6.45) is 0. The van der Waals surface area contributed by atoms with Gasteiger partial charge in [-0.2, -0.15) is 0 Å². The molecule has 3 rings (SSSR count). The Labute approximate surface area is 130 Å². The molecule has 3 aromatic rings. The maximum atomic E-state index is 5.65. The molecule has 0 saturated heterocycles. The van der Waals surface area contributed by atoms with Crippen LogP contribution in [0.5, 0.6) is 0 Å². The normalized spacial score (nSPS) is 11.0. The first kappa shape index (κ1) is 14.0. The Morgan fingerprint density at radius 2 is 1.90 bits per heavy atom. The van der Waals surface area contributed by atoms with Gasteiger partial charge in [-0.1, -0.05) is 12.1 Å². The lowest BCUT2D eigenvalue weighted by molar-refractivity contribution is 0.437. The topological polar surface area (TPSA) is 64.1 Å². The quantitative estimate of drug-likeness (QED) is 0.762. The summed E-state index contributed by atoms with van der Waals surface area (Å²) >= 11 is 3.47. The molecule has 5 nitrogen and oxygen atoms in total. The fourth-order valence-electron chi connectivity index (χ4n) is 1.94. The van der Waals surface area contributed by atoms with Crippen LogP contribution in [-0.2, 0) is 13.1 Å². The van der Waals surface area contributed by atoms with Crippen LogP contribution in [0.1, 0.15) is 17.4 Å². The van der Waals surface area contributed by atoms with E-state index in [0.717, 1.165) is 21.6 Å². The van der Waals surface area contributed by atoms with Crippen LogP contribution in [0.2, 0.25) is 0 Å². The molecule has 0 bridgehead atoms. The van der Waals surface area contributed by atoms with Gasteiger partial charge in [0, 0.05) is 4.47 Å². The zero-order valence-electron chi connectivity index (χ0n) is 11.5. The minimum atomic E-state index is 0.497. The molecule has 0 radical (unpaired) electrons. The summed E-state index contributed by atoms with van der Waals surface area (Å²) in [6, 6.07) is 11.6. The van der Waals surface area contributed by atoms with E-state index in [0.29, 0.717) is 24.9 Å². The van der Waals surface area contributed by atoms with Gasteiger partial charge in [-0.05, 0) is 47.1 Å². The lowest BCUT2D eigenvalue weighted by Gasteiger charge is -1.99. The number of halogens is 1. The Morgan fingerprint density at radius 3 is 2.67 bits per heavy atom. The Hall–Kier alpha value is -1.92. The molecule has 0 aliphatic heterocycles. The minimum Gasteiger partial charge on any atom is -0.465 e. The van der Waals surface area contributed by atoms with E-state index >= 15 is 0 Å². The Bertz CT molecular complexity index is 736. The number of hydrogen-bond acceptors (Lipinski definition) is 5. The summed E-state index contributed by atoms with van der Waals surface area (Å²) in [4.78, 5) is 0. The second kappa shape index (κ2) is 6.24. The molecule has 1 aromatic carbocycles. The summed E-state index contributed by atoms with van der Waals surface area (Å²) in [5.74, 6) is 2.84. The molecule has 0 aliphatic carbocycles. The summed E-state index contributed by atoms with van der Waals surface area (Å²) < 4.78 is 12.1. The largest absolute Gasteiger partial charge is 0.465 e. The second-order valence-electron chi connectivity index (χ2n) is 4.60. The van der Waals surface area contributed by atoms with E-state index < -0.39 is 0 Å². The van der Waals surface area contributed by atoms with Crippen molar-refractivity contribution in [3.05, 3.63) is 58.3 Å². The Balaban J connectivity index is 1.62. The van der Waals surface area contributed by atoms with Gasteiger partial charge in [0.15, 0.2) is 0 Å². The molecule has 108 valence electrons. The smallest absolute Gasteiger partial charge is 0.248 e. The monoisotopic (exact) mass is 347 g/mol. The first-order valence-corrected chi connectivity index (χ1v) is 7.35. The second-order valence-corrected chi connectivity index (χ2v) is 5.45. The van der Waals surface area contributed by atoms with E-state index in [1.54, 1.807) is 0 Å².